The number of carbonyl (C=O) groups is 1. The molecular weight excluding hydrogens is 282 g/mol. The predicted octanol–water partition coefficient (Wildman–Crippen LogP) is 3.49. The lowest BCUT2D eigenvalue weighted by Crippen LogP contribution is -2.14. The first kappa shape index (κ1) is 13.8. The molecule has 1 heterocycles. The number of rotatable bonds is 4. The van der Waals surface area contributed by atoms with E-state index in [1.807, 2.05) is 60.7 Å². The van der Waals surface area contributed by atoms with Gasteiger partial charge in [-0.1, -0.05) is 48.5 Å². The standard InChI is InChI=1S/C16H13N3O3/c20-16(21-11-12-7-3-1-4-8-12)18-15-17-14(22-19-15)13-9-5-2-6-10-13/h1-10H,11H2,(H,18,19,20). The van der Waals surface area contributed by atoms with Crippen LogP contribution in [-0.4, -0.2) is 16.2 Å². The summed E-state index contributed by atoms with van der Waals surface area (Å²) in [6.45, 7) is 0.177. The molecule has 3 aromatic rings. The first-order chi connectivity index (χ1) is 10.8. The lowest BCUT2D eigenvalue weighted by molar-refractivity contribution is 0.155. The predicted molar refractivity (Wildman–Crippen MR) is 80.0 cm³/mol. The second kappa shape index (κ2) is 6.53. The van der Waals surface area contributed by atoms with Gasteiger partial charge in [0.15, 0.2) is 0 Å². The molecule has 0 aliphatic carbocycles. The van der Waals surface area contributed by atoms with Crippen LogP contribution >= 0.6 is 0 Å². The van der Waals surface area contributed by atoms with E-state index in [9.17, 15) is 4.79 Å². The van der Waals surface area contributed by atoms with Crippen LogP contribution in [0.1, 0.15) is 5.56 Å². The molecule has 6 heteroatoms. The van der Waals surface area contributed by atoms with Gasteiger partial charge in [0.2, 0.25) is 0 Å². The van der Waals surface area contributed by atoms with Gasteiger partial charge in [-0.15, -0.1) is 0 Å². The van der Waals surface area contributed by atoms with Crippen LogP contribution in [0.25, 0.3) is 11.5 Å². The minimum Gasteiger partial charge on any atom is -0.444 e. The highest BCUT2D eigenvalue weighted by atomic mass is 16.5. The van der Waals surface area contributed by atoms with E-state index < -0.39 is 6.09 Å². The highest BCUT2D eigenvalue weighted by Gasteiger charge is 2.11. The molecule has 1 aromatic heterocycles. The second-order valence-electron chi connectivity index (χ2n) is 4.48. The Hall–Kier alpha value is -3.15. The number of hydrogen-bond acceptors (Lipinski definition) is 5. The van der Waals surface area contributed by atoms with E-state index in [-0.39, 0.29) is 12.6 Å². The van der Waals surface area contributed by atoms with Gasteiger partial charge >= 0.3 is 6.09 Å². The molecule has 0 aliphatic heterocycles. The average molecular weight is 295 g/mol. The zero-order chi connectivity index (χ0) is 15.2. The molecule has 0 saturated heterocycles. The summed E-state index contributed by atoms with van der Waals surface area (Å²) >= 11 is 0. The quantitative estimate of drug-likeness (QED) is 0.797. The van der Waals surface area contributed by atoms with Crippen LogP contribution in [0.3, 0.4) is 0 Å². The van der Waals surface area contributed by atoms with E-state index in [4.69, 9.17) is 9.26 Å². The summed E-state index contributed by atoms with van der Waals surface area (Å²) in [6, 6.07) is 18.7. The van der Waals surface area contributed by atoms with Crippen molar-refractivity contribution in [2.75, 3.05) is 5.32 Å². The van der Waals surface area contributed by atoms with Crippen LogP contribution in [0.5, 0.6) is 0 Å². The molecule has 2 aromatic carbocycles. The Morgan fingerprint density at radius 2 is 1.73 bits per heavy atom. The van der Waals surface area contributed by atoms with Crippen LogP contribution in [0.2, 0.25) is 0 Å². The van der Waals surface area contributed by atoms with Gasteiger partial charge in [0.05, 0.1) is 0 Å². The Labute approximate surface area is 126 Å². The molecule has 110 valence electrons. The molecule has 22 heavy (non-hydrogen) atoms. The maximum absolute atomic E-state index is 11.7. The van der Waals surface area contributed by atoms with Gasteiger partial charge in [-0.2, -0.15) is 4.98 Å². The van der Waals surface area contributed by atoms with Gasteiger partial charge in [-0.05, 0) is 22.9 Å². The normalized spacial score (nSPS) is 10.2. The molecule has 0 spiro atoms. The number of aromatic nitrogens is 2. The maximum Gasteiger partial charge on any atom is 0.414 e. The van der Waals surface area contributed by atoms with Gasteiger partial charge in [0, 0.05) is 5.56 Å². The Morgan fingerprint density at radius 1 is 1.05 bits per heavy atom. The number of carbonyl (C=O) groups excluding carboxylic acids is 1. The smallest absolute Gasteiger partial charge is 0.414 e. The minimum absolute atomic E-state index is 0.0666. The van der Waals surface area contributed by atoms with Crippen molar-refractivity contribution in [2.45, 2.75) is 6.61 Å². The van der Waals surface area contributed by atoms with E-state index in [0.29, 0.717) is 5.89 Å². The number of benzene rings is 2. The molecule has 0 bridgehead atoms. The van der Waals surface area contributed by atoms with Crippen molar-refractivity contribution in [1.82, 2.24) is 10.1 Å². The lowest BCUT2D eigenvalue weighted by Gasteiger charge is -2.03. The third-order valence-electron chi connectivity index (χ3n) is 2.87. The van der Waals surface area contributed by atoms with Crippen molar-refractivity contribution in [2.24, 2.45) is 0 Å². The summed E-state index contributed by atoms with van der Waals surface area (Å²) in [7, 11) is 0. The first-order valence-electron chi connectivity index (χ1n) is 6.68. The highest BCUT2D eigenvalue weighted by molar-refractivity contribution is 5.82. The third-order valence-corrected chi connectivity index (χ3v) is 2.87. The first-order valence-corrected chi connectivity index (χ1v) is 6.68. The summed E-state index contributed by atoms with van der Waals surface area (Å²) in [5, 5.41) is 6.11. The van der Waals surface area contributed by atoms with Gasteiger partial charge < -0.3 is 9.26 Å². The summed E-state index contributed by atoms with van der Waals surface area (Å²) < 4.78 is 10.2. The monoisotopic (exact) mass is 295 g/mol. The SMILES string of the molecule is O=C(Nc1noc(-c2ccccc2)n1)OCc1ccccc1. The number of anilines is 1. The van der Waals surface area contributed by atoms with Gasteiger partial charge in [0.1, 0.15) is 6.61 Å². The third kappa shape index (κ3) is 3.49. The fourth-order valence-electron chi connectivity index (χ4n) is 1.82. The van der Waals surface area contributed by atoms with Crippen molar-refractivity contribution < 1.29 is 14.1 Å². The van der Waals surface area contributed by atoms with Crippen molar-refractivity contribution in [1.29, 1.82) is 0 Å². The molecular formula is C16H13N3O3. The topological polar surface area (TPSA) is 77.3 Å². The van der Waals surface area contributed by atoms with E-state index >= 15 is 0 Å². The molecule has 0 unspecified atom stereocenters. The van der Waals surface area contributed by atoms with E-state index in [0.717, 1.165) is 11.1 Å². The second-order valence-corrected chi connectivity index (χ2v) is 4.48. The van der Waals surface area contributed by atoms with E-state index in [2.05, 4.69) is 15.5 Å². The number of amides is 1. The maximum atomic E-state index is 11.7. The fourth-order valence-corrected chi connectivity index (χ4v) is 1.82. The van der Waals surface area contributed by atoms with Crippen molar-refractivity contribution in [3.8, 4) is 11.5 Å². The van der Waals surface area contributed by atoms with Crippen molar-refractivity contribution in [3.05, 3.63) is 66.2 Å². The Kier molecular flexibility index (Phi) is 4.10. The number of nitrogens with one attached hydrogen (secondary N) is 1. The van der Waals surface area contributed by atoms with Crippen LogP contribution in [-0.2, 0) is 11.3 Å². The molecule has 3 rings (SSSR count). The highest BCUT2D eigenvalue weighted by Crippen LogP contribution is 2.17. The Bertz CT molecular complexity index is 742. The van der Waals surface area contributed by atoms with Gasteiger partial charge in [-0.3, -0.25) is 5.32 Å². The zero-order valence-corrected chi connectivity index (χ0v) is 11.6. The van der Waals surface area contributed by atoms with Crippen molar-refractivity contribution >= 4 is 12.0 Å². The molecule has 0 radical (unpaired) electrons. The average Bonchev–Trinajstić information content (AvgIpc) is 3.03. The van der Waals surface area contributed by atoms with E-state index in [1.54, 1.807) is 0 Å². The Morgan fingerprint density at radius 3 is 2.45 bits per heavy atom. The molecule has 0 fully saturated rings. The molecule has 1 amide bonds. The molecule has 0 aliphatic rings. The van der Waals surface area contributed by atoms with Crippen LogP contribution < -0.4 is 5.32 Å². The summed E-state index contributed by atoms with van der Waals surface area (Å²) in [5.41, 5.74) is 1.68. The number of nitrogens with zero attached hydrogens (tertiary/aromatic N) is 2. The minimum atomic E-state index is -0.635. The van der Waals surface area contributed by atoms with Crippen LogP contribution in [0.4, 0.5) is 10.7 Å². The largest absolute Gasteiger partial charge is 0.444 e. The molecule has 0 atom stereocenters. The lowest BCUT2D eigenvalue weighted by atomic mass is 10.2. The molecule has 1 N–H and O–H groups in total. The van der Waals surface area contributed by atoms with Gasteiger partial charge in [-0.25, -0.2) is 4.79 Å². The van der Waals surface area contributed by atoms with E-state index in [1.165, 1.54) is 0 Å². The Balaban J connectivity index is 1.57. The summed E-state index contributed by atoms with van der Waals surface area (Å²) in [6.07, 6.45) is -0.635. The van der Waals surface area contributed by atoms with Crippen molar-refractivity contribution in [3.63, 3.8) is 0 Å². The van der Waals surface area contributed by atoms with Crippen LogP contribution in [0.15, 0.2) is 65.2 Å². The fraction of sp³-hybridized carbons (Fsp3) is 0.0625. The molecule has 6 nitrogen and oxygen atoms in total. The summed E-state index contributed by atoms with van der Waals surface area (Å²) in [5.74, 6) is 0.399. The number of ether oxygens (including phenoxy) is 1. The summed E-state index contributed by atoms with van der Waals surface area (Å²) in [4.78, 5) is 15.8. The van der Waals surface area contributed by atoms with Crippen LogP contribution in [0, 0.1) is 0 Å². The number of hydrogen-bond donors (Lipinski definition) is 1. The molecule has 0 saturated carbocycles. The van der Waals surface area contributed by atoms with Gasteiger partial charge in [0.25, 0.3) is 11.8 Å². The zero-order valence-electron chi connectivity index (χ0n) is 11.6.